The molecule has 0 unspecified atom stereocenters. The van der Waals surface area contributed by atoms with Gasteiger partial charge in [0.25, 0.3) is 0 Å². The Kier molecular flexibility index (Phi) is 5.27. The van der Waals surface area contributed by atoms with Crippen LogP contribution in [0, 0.1) is 5.92 Å². The van der Waals surface area contributed by atoms with Crippen LogP contribution < -0.4 is 10.6 Å². The minimum absolute atomic E-state index is 0.0199. The van der Waals surface area contributed by atoms with Crippen LogP contribution in [0.3, 0.4) is 0 Å². The number of carbonyl (C=O) groups is 2. The lowest BCUT2D eigenvalue weighted by atomic mass is 10.1. The number of pyridine rings is 1. The summed E-state index contributed by atoms with van der Waals surface area (Å²) in [6, 6.07) is 1.10. The third kappa shape index (κ3) is 4.38. The summed E-state index contributed by atoms with van der Waals surface area (Å²) in [6.07, 6.45) is -1.57. The molecule has 10 heteroatoms. The molecule has 1 saturated carbocycles. The molecule has 2 N–H and O–H groups in total. The van der Waals surface area contributed by atoms with Gasteiger partial charge in [0.2, 0.25) is 11.8 Å². The molecule has 2 aliphatic rings. The molecule has 0 aromatic carbocycles. The minimum Gasteiger partial charge on any atom is -0.367 e. The van der Waals surface area contributed by atoms with Crippen molar-refractivity contribution in [3.8, 4) is 0 Å². The van der Waals surface area contributed by atoms with Crippen molar-refractivity contribution >= 4 is 29.2 Å². The molecule has 2 amide bonds. The fraction of sp³-hybridized carbons (Fsp3) is 0.562. The van der Waals surface area contributed by atoms with E-state index in [0.29, 0.717) is 18.8 Å². The number of hydrogen-bond donors (Lipinski definition) is 2. The summed E-state index contributed by atoms with van der Waals surface area (Å²) in [5, 5.41) is 5.35. The number of rotatable bonds is 6. The Bertz CT molecular complexity index is 709. The van der Waals surface area contributed by atoms with Gasteiger partial charge in [-0.3, -0.25) is 9.59 Å². The van der Waals surface area contributed by atoms with E-state index < -0.39 is 11.7 Å². The van der Waals surface area contributed by atoms with Crippen molar-refractivity contribution in [2.45, 2.75) is 31.5 Å². The molecule has 1 aromatic heterocycles. The maximum Gasteiger partial charge on any atom is 0.417 e. The molecule has 2 fully saturated rings. The van der Waals surface area contributed by atoms with Crippen LogP contribution in [0.4, 0.5) is 19.0 Å². The molecule has 1 aromatic rings. The van der Waals surface area contributed by atoms with E-state index in [4.69, 9.17) is 11.6 Å². The van der Waals surface area contributed by atoms with Crippen LogP contribution in [0.15, 0.2) is 12.3 Å². The predicted molar refractivity (Wildman–Crippen MR) is 88.6 cm³/mol. The van der Waals surface area contributed by atoms with Gasteiger partial charge in [0, 0.05) is 38.3 Å². The summed E-state index contributed by atoms with van der Waals surface area (Å²) in [5.74, 6) is -0.415. The van der Waals surface area contributed by atoms with Gasteiger partial charge >= 0.3 is 6.18 Å². The van der Waals surface area contributed by atoms with Crippen molar-refractivity contribution in [1.29, 1.82) is 0 Å². The number of anilines is 1. The Morgan fingerprint density at radius 3 is 2.69 bits per heavy atom. The summed E-state index contributed by atoms with van der Waals surface area (Å²) in [5.41, 5.74) is -0.924. The zero-order valence-corrected chi connectivity index (χ0v) is 14.5. The summed E-state index contributed by atoms with van der Waals surface area (Å²) >= 11 is 5.79. The van der Waals surface area contributed by atoms with E-state index in [2.05, 4.69) is 15.6 Å². The molecule has 1 aliphatic heterocycles. The molecule has 0 spiro atoms. The maximum absolute atomic E-state index is 12.6. The summed E-state index contributed by atoms with van der Waals surface area (Å²) in [4.78, 5) is 29.4. The average Bonchev–Trinajstić information content (AvgIpc) is 3.33. The SMILES string of the molecule is O=C(NCCNc1ncc(C(F)(F)F)cc1Cl)[C@H]1CC(=O)N(C2CC2)C1. The van der Waals surface area contributed by atoms with Crippen LogP contribution in [0.25, 0.3) is 0 Å². The van der Waals surface area contributed by atoms with Crippen molar-refractivity contribution in [3.05, 3.63) is 22.8 Å². The molecular formula is C16H18ClF3N4O2. The lowest BCUT2D eigenvalue weighted by Gasteiger charge is -2.15. The number of alkyl halides is 3. The zero-order chi connectivity index (χ0) is 18.9. The molecule has 142 valence electrons. The number of halogens is 4. The Morgan fingerprint density at radius 2 is 2.08 bits per heavy atom. The first-order valence-electron chi connectivity index (χ1n) is 8.29. The summed E-state index contributed by atoms with van der Waals surface area (Å²) in [7, 11) is 0. The van der Waals surface area contributed by atoms with Gasteiger partial charge in [-0.25, -0.2) is 4.98 Å². The zero-order valence-electron chi connectivity index (χ0n) is 13.8. The number of nitrogens with zero attached hydrogens (tertiary/aromatic N) is 2. The number of aromatic nitrogens is 1. The van der Waals surface area contributed by atoms with E-state index >= 15 is 0 Å². The first kappa shape index (κ1) is 18.8. The lowest BCUT2D eigenvalue weighted by molar-refractivity contribution is -0.137. The van der Waals surface area contributed by atoms with Crippen molar-refractivity contribution in [2.75, 3.05) is 25.0 Å². The van der Waals surface area contributed by atoms with E-state index in [1.54, 1.807) is 4.90 Å². The second kappa shape index (κ2) is 7.30. The van der Waals surface area contributed by atoms with E-state index in [0.717, 1.165) is 18.9 Å². The van der Waals surface area contributed by atoms with E-state index in [1.165, 1.54) is 0 Å². The molecule has 0 bridgehead atoms. The Hall–Kier alpha value is -2.03. The van der Waals surface area contributed by atoms with Crippen LogP contribution in [0.2, 0.25) is 5.02 Å². The number of carbonyl (C=O) groups excluding carboxylic acids is 2. The third-order valence-electron chi connectivity index (χ3n) is 4.40. The van der Waals surface area contributed by atoms with Crippen LogP contribution in [-0.4, -0.2) is 47.4 Å². The number of hydrogen-bond acceptors (Lipinski definition) is 4. The summed E-state index contributed by atoms with van der Waals surface area (Å²) in [6.45, 7) is 0.942. The molecule has 6 nitrogen and oxygen atoms in total. The molecule has 0 radical (unpaired) electrons. The lowest BCUT2D eigenvalue weighted by Crippen LogP contribution is -2.36. The highest BCUT2D eigenvalue weighted by Crippen LogP contribution is 2.33. The van der Waals surface area contributed by atoms with Crippen LogP contribution in [0.1, 0.15) is 24.8 Å². The van der Waals surface area contributed by atoms with Gasteiger partial charge in [-0.1, -0.05) is 11.6 Å². The van der Waals surface area contributed by atoms with Gasteiger partial charge in [0.1, 0.15) is 5.82 Å². The van der Waals surface area contributed by atoms with Gasteiger partial charge in [0.15, 0.2) is 0 Å². The second-order valence-electron chi connectivity index (χ2n) is 6.45. The third-order valence-corrected chi connectivity index (χ3v) is 4.69. The van der Waals surface area contributed by atoms with Crippen molar-refractivity contribution in [2.24, 2.45) is 5.92 Å². The van der Waals surface area contributed by atoms with E-state index in [-0.39, 0.29) is 48.1 Å². The molecular weight excluding hydrogens is 373 g/mol. The molecule has 1 aliphatic carbocycles. The van der Waals surface area contributed by atoms with Gasteiger partial charge in [-0.2, -0.15) is 13.2 Å². The van der Waals surface area contributed by atoms with Gasteiger partial charge < -0.3 is 15.5 Å². The van der Waals surface area contributed by atoms with E-state index in [1.807, 2.05) is 0 Å². The molecule has 2 heterocycles. The highest BCUT2D eigenvalue weighted by Gasteiger charge is 2.41. The predicted octanol–water partition coefficient (Wildman–Crippen LogP) is 2.29. The van der Waals surface area contributed by atoms with Gasteiger partial charge in [-0.15, -0.1) is 0 Å². The maximum atomic E-state index is 12.6. The fourth-order valence-electron chi connectivity index (χ4n) is 2.88. The Morgan fingerprint density at radius 1 is 1.35 bits per heavy atom. The first-order valence-corrected chi connectivity index (χ1v) is 8.67. The molecule has 1 saturated heterocycles. The Balaban J connectivity index is 1.43. The highest BCUT2D eigenvalue weighted by atomic mass is 35.5. The van der Waals surface area contributed by atoms with Crippen molar-refractivity contribution < 1.29 is 22.8 Å². The average molecular weight is 391 g/mol. The van der Waals surface area contributed by atoms with Crippen molar-refractivity contribution in [3.63, 3.8) is 0 Å². The molecule has 26 heavy (non-hydrogen) atoms. The van der Waals surface area contributed by atoms with Crippen LogP contribution >= 0.6 is 11.6 Å². The van der Waals surface area contributed by atoms with Crippen LogP contribution in [-0.2, 0) is 15.8 Å². The highest BCUT2D eigenvalue weighted by molar-refractivity contribution is 6.32. The Labute approximate surface area is 153 Å². The molecule has 3 rings (SSSR count). The summed E-state index contributed by atoms with van der Waals surface area (Å²) < 4.78 is 37.7. The van der Waals surface area contributed by atoms with Crippen LogP contribution in [0.5, 0.6) is 0 Å². The second-order valence-corrected chi connectivity index (χ2v) is 6.86. The largest absolute Gasteiger partial charge is 0.417 e. The quantitative estimate of drug-likeness (QED) is 0.731. The van der Waals surface area contributed by atoms with E-state index in [9.17, 15) is 22.8 Å². The van der Waals surface area contributed by atoms with Gasteiger partial charge in [0.05, 0.1) is 16.5 Å². The normalized spacial score (nSPS) is 20.4. The monoisotopic (exact) mass is 390 g/mol. The molecule has 1 atom stereocenters. The fourth-order valence-corrected chi connectivity index (χ4v) is 3.11. The number of nitrogens with one attached hydrogen (secondary N) is 2. The smallest absolute Gasteiger partial charge is 0.367 e. The number of amides is 2. The topological polar surface area (TPSA) is 74.3 Å². The number of likely N-dealkylation sites (tertiary alicyclic amines) is 1. The standard InChI is InChI=1S/C16H18ClF3N4O2/c17-12-6-10(16(18,19)20)7-23-14(12)21-3-4-22-15(26)9-5-13(25)24(8-9)11-1-2-11/h6-7,9,11H,1-5,8H2,(H,21,23)(H,22,26)/t9-/m0/s1. The minimum atomic E-state index is -4.50. The van der Waals surface area contributed by atoms with Gasteiger partial charge in [-0.05, 0) is 18.9 Å². The first-order chi connectivity index (χ1) is 12.3. The van der Waals surface area contributed by atoms with Crippen molar-refractivity contribution in [1.82, 2.24) is 15.2 Å².